The summed E-state index contributed by atoms with van der Waals surface area (Å²) in [6.07, 6.45) is 1.79. The van der Waals surface area contributed by atoms with Crippen molar-refractivity contribution in [3.05, 3.63) is 90.4 Å². The summed E-state index contributed by atoms with van der Waals surface area (Å²) in [5.41, 5.74) is 1.56. The van der Waals surface area contributed by atoms with Crippen LogP contribution in [0.3, 0.4) is 0 Å². The molecule has 33 heavy (non-hydrogen) atoms. The van der Waals surface area contributed by atoms with Gasteiger partial charge in [0.05, 0.1) is 18.2 Å². The van der Waals surface area contributed by atoms with Crippen molar-refractivity contribution in [2.24, 2.45) is 0 Å². The van der Waals surface area contributed by atoms with E-state index in [2.05, 4.69) is 0 Å². The van der Waals surface area contributed by atoms with E-state index in [-0.39, 0.29) is 18.5 Å². The van der Waals surface area contributed by atoms with Gasteiger partial charge in [-0.25, -0.2) is 4.39 Å². The third-order valence-electron chi connectivity index (χ3n) is 5.21. The quantitative estimate of drug-likeness (QED) is 0.325. The van der Waals surface area contributed by atoms with Crippen molar-refractivity contribution in [3.8, 4) is 17.2 Å². The summed E-state index contributed by atoms with van der Waals surface area (Å²) in [6.45, 7) is 0.440. The molecule has 1 atom stereocenters. The van der Waals surface area contributed by atoms with E-state index in [4.69, 9.17) is 19.0 Å². The van der Waals surface area contributed by atoms with E-state index in [9.17, 15) is 9.18 Å². The van der Waals surface area contributed by atoms with Crippen LogP contribution in [0.5, 0.6) is 17.2 Å². The van der Waals surface area contributed by atoms with Crippen molar-refractivity contribution in [3.63, 3.8) is 0 Å². The number of furan rings is 1. The second-order valence-corrected chi connectivity index (χ2v) is 7.74. The van der Waals surface area contributed by atoms with Crippen LogP contribution in [0, 0.1) is 5.82 Å². The molecule has 0 saturated carbocycles. The van der Waals surface area contributed by atoms with Crippen molar-refractivity contribution in [2.75, 3.05) is 20.1 Å². The summed E-state index contributed by atoms with van der Waals surface area (Å²) in [7, 11) is 1.74. The highest BCUT2D eigenvalue weighted by Crippen LogP contribution is 2.32. The van der Waals surface area contributed by atoms with Gasteiger partial charge < -0.3 is 19.0 Å². The number of carboxylic acids is 1. The maximum Gasteiger partial charge on any atom is 0.317 e. The minimum Gasteiger partial charge on any atom is -0.486 e. The fourth-order valence-corrected chi connectivity index (χ4v) is 3.55. The van der Waals surface area contributed by atoms with Crippen molar-refractivity contribution in [2.45, 2.75) is 12.5 Å². The Hall–Kier alpha value is -3.84. The number of benzene rings is 3. The number of halogens is 1. The third kappa shape index (κ3) is 5.90. The van der Waals surface area contributed by atoms with E-state index in [1.807, 2.05) is 48.5 Å². The highest BCUT2D eigenvalue weighted by Gasteiger charge is 2.16. The Kier molecular flexibility index (Phi) is 6.90. The lowest BCUT2D eigenvalue weighted by molar-refractivity contribution is -0.138. The molecule has 0 bridgehead atoms. The van der Waals surface area contributed by atoms with Gasteiger partial charge in [0.15, 0.2) is 0 Å². The molecule has 4 rings (SSSR count). The fourth-order valence-electron chi connectivity index (χ4n) is 3.55. The van der Waals surface area contributed by atoms with Crippen LogP contribution in [0.2, 0.25) is 0 Å². The van der Waals surface area contributed by atoms with Crippen molar-refractivity contribution in [1.82, 2.24) is 4.90 Å². The Labute approximate surface area is 190 Å². The summed E-state index contributed by atoms with van der Waals surface area (Å²) >= 11 is 0. The van der Waals surface area contributed by atoms with Gasteiger partial charge in [-0.15, -0.1) is 0 Å². The van der Waals surface area contributed by atoms with E-state index in [1.165, 1.54) is 12.1 Å². The Morgan fingerprint density at radius 3 is 2.48 bits per heavy atom. The number of fused-ring (bicyclic) bond motifs is 1. The lowest BCUT2D eigenvalue weighted by atomic mass is 10.1. The normalized spacial score (nSPS) is 12.1. The van der Waals surface area contributed by atoms with Gasteiger partial charge in [0, 0.05) is 13.0 Å². The zero-order chi connectivity index (χ0) is 23.2. The number of carboxylic acid groups (broad SMARTS) is 1. The molecule has 6 nitrogen and oxygen atoms in total. The van der Waals surface area contributed by atoms with Gasteiger partial charge in [0.1, 0.15) is 34.8 Å². The molecule has 0 aliphatic rings. The number of hydrogen-bond acceptors (Lipinski definition) is 5. The Morgan fingerprint density at radius 2 is 1.76 bits per heavy atom. The standard InChI is InChI=1S/C26H24FNO5/c1-28(17-26(29)30)15-13-23(18-5-7-19(27)8-6-18)32-20-9-11-21(12-10-20)33-25-4-2-3-24-22(25)14-16-31-24/h2-12,14,16,23H,13,15,17H2,1H3,(H,29,30). The summed E-state index contributed by atoms with van der Waals surface area (Å²) in [5, 5.41) is 9.87. The number of carbonyl (C=O) groups is 1. The Balaban J connectivity index is 1.46. The molecule has 0 spiro atoms. The van der Waals surface area contributed by atoms with E-state index >= 15 is 0 Å². The molecule has 0 saturated heterocycles. The SMILES string of the molecule is CN(CCC(Oc1ccc(Oc2cccc3occc23)cc1)c1ccc(F)cc1)CC(=O)O. The average Bonchev–Trinajstić information content (AvgIpc) is 3.28. The van der Waals surface area contributed by atoms with Crippen LogP contribution in [0.1, 0.15) is 18.1 Å². The van der Waals surface area contributed by atoms with Gasteiger partial charge in [0.25, 0.3) is 0 Å². The fraction of sp³-hybridized carbons (Fsp3) is 0.192. The predicted octanol–water partition coefficient (Wildman–Crippen LogP) is 5.89. The zero-order valence-corrected chi connectivity index (χ0v) is 18.1. The first kappa shape index (κ1) is 22.4. The van der Waals surface area contributed by atoms with Gasteiger partial charge in [0.2, 0.25) is 0 Å². The third-order valence-corrected chi connectivity index (χ3v) is 5.21. The molecule has 0 aliphatic carbocycles. The molecular formula is C26H24FNO5. The number of likely N-dealkylation sites (N-methyl/N-ethyl adjacent to an activating group) is 1. The first-order chi connectivity index (χ1) is 16.0. The van der Waals surface area contributed by atoms with Gasteiger partial charge in [-0.1, -0.05) is 18.2 Å². The van der Waals surface area contributed by atoms with Gasteiger partial charge >= 0.3 is 5.97 Å². The van der Waals surface area contributed by atoms with Crippen molar-refractivity contribution >= 4 is 16.9 Å². The predicted molar refractivity (Wildman–Crippen MR) is 122 cm³/mol. The molecule has 170 valence electrons. The summed E-state index contributed by atoms with van der Waals surface area (Å²) < 4.78 is 31.0. The molecule has 7 heteroatoms. The maximum atomic E-state index is 13.4. The first-order valence-electron chi connectivity index (χ1n) is 10.5. The van der Waals surface area contributed by atoms with Gasteiger partial charge in [-0.3, -0.25) is 9.69 Å². The highest BCUT2D eigenvalue weighted by atomic mass is 19.1. The molecule has 1 N–H and O–H groups in total. The zero-order valence-electron chi connectivity index (χ0n) is 18.1. The highest BCUT2D eigenvalue weighted by molar-refractivity contribution is 5.84. The molecule has 0 radical (unpaired) electrons. The number of hydrogen-bond donors (Lipinski definition) is 1. The van der Waals surface area contributed by atoms with Crippen LogP contribution in [0.15, 0.2) is 83.5 Å². The van der Waals surface area contributed by atoms with E-state index < -0.39 is 5.97 Å². The maximum absolute atomic E-state index is 13.4. The Bertz CT molecular complexity index is 1200. The minimum atomic E-state index is -0.890. The summed E-state index contributed by atoms with van der Waals surface area (Å²) in [5.74, 6) is 0.753. The van der Waals surface area contributed by atoms with Crippen LogP contribution in [-0.2, 0) is 4.79 Å². The van der Waals surface area contributed by atoms with E-state index in [1.54, 1.807) is 30.3 Å². The number of aliphatic carboxylic acids is 1. The lowest BCUT2D eigenvalue weighted by Crippen LogP contribution is -2.28. The molecule has 1 heterocycles. The number of nitrogens with zero attached hydrogens (tertiary/aromatic N) is 1. The van der Waals surface area contributed by atoms with Crippen LogP contribution in [0.25, 0.3) is 11.0 Å². The summed E-state index contributed by atoms with van der Waals surface area (Å²) in [6, 6.07) is 20.9. The van der Waals surface area contributed by atoms with Crippen molar-refractivity contribution in [1.29, 1.82) is 0 Å². The largest absolute Gasteiger partial charge is 0.486 e. The summed E-state index contributed by atoms with van der Waals surface area (Å²) in [4.78, 5) is 12.6. The molecule has 0 fully saturated rings. The minimum absolute atomic E-state index is 0.0639. The van der Waals surface area contributed by atoms with Crippen LogP contribution in [0.4, 0.5) is 4.39 Å². The smallest absolute Gasteiger partial charge is 0.317 e. The number of ether oxygens (including phenoxy) is 2. The van der Waals surface area contributed by atoms with Gasteiger partial charge in [-0.05, 0) is 67.2 Å². The average molecular weight is 449 g/mol. The molecule has 3 aromatic carbocycles. The van der Waals surface area contributed by atoms with Crippen LogP contribution >= 0.6 is 0 Å². The molecule has 0 amide bonds. The number of rotatable bonds is 10. The molecule has 4 aromatic rings. The molecule has 1 aromatic heterocycles. The lowest BCUT2D eigenvalue weighted by Gasteiger charge is -2.22. The van der Waals surface area contributed by atoms with E-state index in [0.29, 0.717) is 30.2 Å². The van der Waals surface area contributed by atoms with Gasteiger partial charge in [-0.2, -0.15) is 0 Å². The van der Waals surface area contributed by atoms with Crippen LogP contribution in [-0.4, -0.2) is 36.1 Å². The van der Waals surface area contributed by atoms with E-state index in [0.717, 1.165) is 16.5 Å². The Morgan fingerprint density at radius 1 is 1.03 bits per heavy atom. The molecular weight excluding hydrogens is 425 g/mol. The van der Waals surface area contributed by atoms with Crippen LogP contribution < -0.4 is 9.47 Å². The van der Waals surface area contributed by atoms with Crippen molar-refractivity contribution < 1.29 is 28.2 Å². The topological polar surface area (TPSA) is 72.1 Å². The second-order valence-electron chi connectivity index (χ2n) is 7.74. The molecule has 1 unspecified atom stereocenters. The monoisotopic (exact) mass is 449 g/mol. The second kappa shape index (κ2) is 10.2. The molecule has 0 aliphatic heterocycles. The first-order valence-corrected chi connectivity index (χ1v) is 10.5.